The maximum atomic E-state index is 14.0. The molecule has 0 aliphatic heterocycles. The lowest BCUT2D eigenvalue weighted by Gasteiger charge is -2.07. The second-order valence-corrected chi connectivity index (χ2v) is 4.92. The number of hydrogen-bond donors (Lipinski definition) is 1. The maximum Gasteiger partial charge on any atom is 0.305 e. The average Bonchev–Trinajstić information content (AvgIpc) is 2.35. The third-order valence-electron chi connectivity index (χ3n) is 2.53. The first-order valence-electron chi connectivity index (χ1n) is 5.25. The molecule has 0 saturated carbocycles. The summed E-state index contributed by atoms with van der Waals surface area (Å²) in [6.07, 6.45) is 0. The van der Waals surface area contributed by atoms with Crippen molar-refractivity contribution in [3.8, 4) is 11.4 Å². The summed E-state index contributed by atoms with van der Waals surface area (Å²) in [6.45, 7) is 1.59. The molecular formula is C11H7F2IN4O2. The number of anilines is 1. The second kappa shape index (κ2) is 5.23. The van der Waals surface area contributed by atoms with Crippen LogP contribution < -0.4 is 5.73 Å². The molecule has 2 N–H and O–H groups in total. The van der Waals surface area contributed by atoms with Gasteiger partial charge in [0.15, 0.2) is 5.82 Å². The van der Waals surface area contributed by atoms with Gasteiger partial charge in [0.2, 0.25) is 5.82 Å². The lowest BCUT2D eigenvalue weighted by Crippen LogP contribution is -2.05. The van der Waals surface area contributed by atoms with Crippen LogP contribution in [0.5, 0.6) is 0 Å². The summed E-state index contributed by atoms with van der Waals surface area (Å²) >= 11 is 1.89. The Morgan fingerprint density at radius 2 is 2.00 bits per heavy atom. The number of rotatable bonds is 2. The monoisotopic (exact) mass is 392 g/mol. The zero-order valence-corrected chi connectivity index (χ0v) is 12.2. The van der Waals surface area contributed by atoms with Crippen LogP contribution in [-0.4, -0.2) is 14.9 Å². The fourth-order valence-electron chi connectivity index (χ4n) is 1.58. The topological polar surface area (TPSA) is 94.9 Å². The number of halogens is 3. The minimum atomic E-state index is -1.32. The molecule has 9 heteroatoms. The molecule has 0 aliphatic rings. The third kappa shape index (κ3) is 2.40. The summed E-state index contributed by atoms with van der Waals surface area (Å²) < 4.78 is 28.3. The van der Waals surface area contributed by atoms with E-state index in [1.54, 1.807) is 6.92 Å². The van der Waals surface area contributed by atoms with Crippen LogP contribution in [0.4, 0.5) is 20.3 Å². The van der Waals surface area contributed by atoms with E-state index in [-0.39, 0.29) is 11.6 Å². The van der Waals surface area contributed by atoms with E-state index in [4.69, 9.17) is 5.73 Å². The van der Waals surface area contributed by atoms with Crippen molar-refractivity contribution < 1.29 is 13.7 Å². The molecule has 1 heterocycles. The third-order valence-corrected chi connectivity index (χ3v) is 3.87. The predicted molar refractivity (Wildman–Crippen MR) is 75.9 cm³/mol. The van der Waals surface area contributed by atoms with Gasteiger partial charge < -0.3 is 5.73 Å². The molecule has 20 heavy (non-hydrogen) atoms. The van der Waals surface area contributed by atoms with Crippen LogP contribution in [0, 0.1) is 32.2 Å². The molecule has 0 amide bonds. The summed E-state index contributed by atoms with van der Waals surface area (Å²) in [7, 11) is 0. The van der Waals surface area contributed by atoms with Crippen LogP contribution in [0.25, 0.3) is 11.4 Å². The van der Waals surface area contributed by atoms with Gasteiger partial charge in [0.1, 0.15) is 11.6 Å². The molecule has 0 bridgehead atoms. The summed E-state index contributed by atoms with van der Waals surface area (Å²) in [5.41, 5.74) is 4.54. The quantitative estimate of drug-likeness (QED) is 0.482. The molecule has 0 atom stereocenters. The molecule has 0 aliphatic carbocycles. The number of aromatic nitrogens is 2. The normalized spacial score (nSPS) is 10.6. The molecule has 0 fully saturated rings. The van der Waals surface area contributed by atoms with Gasteiger partial charge >= 0.3 is 5.69 Å². The van der Waals surface area contributed by atoms with E-state index in [0.29, 0.717) is 9.26 Å². The van der Waals surface area contributed by atoms with Gasteiger partial charge in [-0.3, -0.25) is 10.1 Å². The van der Waals surface area contributed by atoms with Crippen molar-refractivity contribution in [2.75, 3.05) is 5.73 Å². The number of nitro groups is 1. The van der Waals surface area contributed by atoms with Crippen molar-refractivity contribution in [1.29, 1.82) is 0 Å². The molecule has 0 saturated heterocycles. The van der Waals surface area contributed by atoms with Gasteiger partial charge in [-0.1, -0.05) is 0 Å². The maximum absolute atomic E-state index is 14.0. The highest BCUT2D eigenvalue weighted by molar-refractivity contribution is 14.1. The average molecular weight is 392 g/mol. The van der Waals surface area contributed by atoms with Crippen LogP contribution in [0.3, 0.4) is 0 Å². The molecule has 2 rings (SSSR count). The SMILES string of the molecule is Cc1nc(-c2c(F)ccc([N+](=O)[O-])c2F)nc(N)c1I. The van der Waals surface area contributed by atoms with Gasteiger partial charge in [-0.2, -0.15) is 4.39 Å². The Morgan fingerprint density at radius 1 is 1.35 bits per heavy atom. The van der Waals surface area contributed by atoms with Crippen molar-refractivity contribution in [3.63, 3.8) is 0 Å². The van der Waals surface area contributed by atoms with Gasteiger partial charge in [-0.05, 0) is 35.6 Å². The highest BCUT2D eigenvalue weighted by atomic mass is 127. The highest BCUT2D eigenvalue weighted by Crippen LogP contribution is 2.31. The number of nitrogen functional groups attached to an aromatic ring is 1. The largest absolute Gasteiger partial charge is 0.383 e. The minimum Gasteiger partial charge on any atom is -0.383 e. The molecule has 6 nitrogen and oxygen atoms in total. The molecule has 1 aromatic heterocycles. The Hall–Kier alpha value is -1.91. The summed E-state index contributed by atoms with van der Waals surface area (Å²) in [5, 5.41) is 10.7. The lowest BCUT2D eigenvalue weighted by molar-refractivity contribution is -0.387. The Balaban J connectivity index is 2.76. The van der Waals surface area contributed by atoms with Gasteiger partial charge in [0, 0.05) is 6.07 Å². The van der Waals surface area contributed by atoms with E-state index >= 15 is 0 Å². The van der Waals surface area contributed by atoms with E-state index in [1.807, 2.05) is 22.6 Å². The van der Waals surface area contributed by atoms with E-state index in [0.717, 1.165) is 12.1 Å². The first kappa shape index (κ1) is 14.5. The zero-order chi connectivity index (χ0) is 15.0. The standard InChI is InChI=1S/C11H7F2IN4O2/c1-4-9(14)10(15)17-11(16-4)7-5(12)2-3-6(8(7)13)18(19)20/h2-3H,1H3,(H2,15,16,17). The van der Waals surface area contributed by atoms with Crippen LogP contribution in [-0.2, 0) is 0 Å². The van der Waals surface area contributed by atoms with Crippen molar-refractivity contribution >= 4 is 34.1 Å². The van der Waals surface area contributed by atoms with Crippen LogP contribution in [0.15, 0.2) is 12.1 Å². The van der Waals surface area contributed by atoms with E-state index < -0.39 is 27.8 Å². The lowest BCUT2D eigenvalue weighted by atomic mass is 10.1. The van der Waals surface area contributed by atoms with Crippen molar-refractivity contribution in [2.24, 2.45) is 0 Å². The molecule has 2 aromatic rings. The predicted octanol–water partition coefficient (Wildman–Crippen LogP) is 2.83. The fourth-order valence-corrected chi connectivity index (χ4v) is 1.82. The molecular weight excluding hydrogens is 385 g/mol. The van der Waals surface area contributed by atoms with Gasteiger partial charge in [0.25, 0.3) is 0 Å². The Kier molecular flexibility index (Phi) is 3.79. The Labute approximate surface area is 125 Å². The van der Waals surface area contributed by atoms with Crippen molar-refractivity contribution in [3.05, 3.63) is 43.1 Å². The van der Waals surface area contributed by atoms with E-state index in [1.165, 1.54) is 0 Å². The number of hydrogen-bond acceptors (Lipinski definition) is 5. The number of nitrogens with two attached hydrogens (primary N) is 1. The smallest absolute Gasteiger partial charge is 0.305 e. The van der Waals surface area contributed by atoms with Crippen LogP contribution >= 0.6 is 22.6 Å². The van der Waals surface area contributed by atoms with Crippen LogP contribution in [0.1, 0.15) is 5.69 Å². The Bertz CT molecular complexity index is 701. The molecule has 1 aromatic carbocycles. The minimum absolute atomic E-state index is 0.0541. The number of nitro benzene ring substituents is 1. The van der Waals surface area contributed by atoms with Crippen molar-refractivity contribution in [1.82, 2.24) is 9.97 Å². The van der Waals surface area contributed by atoms with E-state index in [9.17, 15) is 18.9 Å². The number of benzene rings is 1. The molecule has 0 spiro atoms. The first-order chi connectivity index (χ1) is 9.32. The summed E-state index contributed by atoms with van der Waals surface area (Å²) in [5.74, 6) is -2.58. The van der Waals surface area contributed by atoms with E-state index in [2.05, 4.69) is 9.97 Å². The molecule has 0 radical (unpaired) electrons. The highest BCUT2D eigenvalue weighted by Gasteiger charge is 2.25. The Morgan fingerprint density at radius 3 is 2.55 bits per heavy atom. The zero-order valence-electron chi connectivity index (χ0n) is 10.0. The molecule has 104 valence electrons. The summed E-state index contributed by atoms with van der Waals surface area (Å²) in [6, 6.07) is 1.54. The molecule has 0 unspecified atom stereocenters. The van der Waals surface area contributed by atoms with Gasteiger partial charge in [-0.15, -0.1) is 0 Å². The fraction of sp³-hybridized carbons (Fsp3) is 0.0909. The number of aryl methyl sites for hydroxylation is 1. The van der Waals surface area contributed by atoms with Gasteiger partial charge in [0.05, 0.1) is 19.8 Å². The first-order valence-corrected chi connectivity index (χ1v) is 6.33. The number of nitrogens with zero attached hydrogens (tertiary/aromatic N) is 3. The summed E-state index contributed by atoms with van der Waals surface area (Å²) in [4.78, 5) is 17.4. The van der Waals surface area contributed by atoms with Crippen LogP contribution in [0.2, 0.25) is 0 Å². The van der Waals surface area contributed by atoms with Gasteiger partial charge in [-0.25, -0.2) is 14.4 Å². The van der Waals surface area contributed by atoms with Crippen molar-refractivity contribution in [2.45, 2.75) is 6.92 Å². The second-order valence-electron chi connectivity index (χ2n) is 3.84.